The largest absolute Gasteiger partial charge is 0.340 e. The number of piperazine rings is 1. The second kappa shape index (κ2) is 7.78. The Bertz CT molecular complexity index is 455. The van der Waals surface area contributed by atoms with E-state index in [2.05, 4.69) is 24.5 Å². The SMILES string of the molecule is CC(C)NCC(C(=O)N1CCNCC1)c1ccc(Cl)cc1. The van der Waals surface area contributed by atoms with Crippen molar-refractivity contribution in [2.75, 3.05) is 32.7 Å². The van der Waals surface area contributed by atoms with Crippen LogP contribution in [0, 0.1) is 0 Å². The lowest BCUT2D eigenvalue weighted by molar-refractivity contribution is -0.133. The molecule has 1 fully saturated rings. The molecule has 1 heterocycles. The van der Waals surface area contributed by atoms with Crippen LogP contribution in [0.4, 0.5) is 0 Å². The Morgan fingerprint density at radius 1 is 1.29 bits per heavy atom. The van der Waals surface area contributed by atoms with Crippen molar-refractivity contribution in [2.45, 2.75) is 25.8 Å². The Kier molecular flexibility index (Phi) is 6.03. The number of carbonyl (C=O) groups excluding carboxylic acids is 1. The van der Waals surface area contributed by atoms with E-state index in [9.17, 15) is 4.79 Å². The van der Waals surface area contributed by atoms with Gasteiger partial charge in [-0.3, -0.25) is 4.79 Å². The number of halogens is 1. The van der Waals surface area contributed by atoms with E-state index in [4.69, 9.17) is 11.6 Å². The van der Waals surface area contributed by atoms with Gasteiger partial charge in [0.25, 0.3) is 0 Å². The quantitative estimate of drug-likeness (QED) is 0.872. The summed E-state index contributed by atoms with van der Waals surface area (Å²) < 4.78 is 0. The molecule has 0 saturated carbocycles. The van der Waals surface area contributed by atoms with E-state index in [1.807, 2.05) is 29.2 Å². The van der Waals surface area contributed by atoms with Crippen LogP contribution in [0.25, 0.3) is 0 Å². The molecule has 0 aliphatic carbocycles. The first kappa shape index (κ1) is 16.3. The van der Waals surface area contributed by atoms with Crippen LogP contribution in [-0.4, -0.2) is 49.6 Å². The van der Waals surface area contributed by atoms with Crippen molar-refractivity contribution in [2.24, 2.45) is 0 Å². The van der Waals surface area contributed by atoms with E-state index in [1.54, 1.807) is 0 Å². The number of carbonyl (C=O) groups is 1. The Balaban J connectivity index is 2.13. The monoisotopic (exact) mass is 309 g/mol. The molecule has 1 aliphatic heterocycles. The molecule has 4 nitrogen and oxygen atoms in total. The number of rotatable bonds is 5. The molecule has 1 aromatic rings. The molecular formula is C16H24ClN3O. The molecule has 0 radical (unpaired) electrons. The highest BCUT2D eigenvalue weighted by Gasteiger charge is 2.26. The first-order valence-electron chi connectivity index (χ1n) is 7.56. The normalized spacial score (nSPS) is 17.0. The molecular weight excluding hydrogens is 286 g/mol. The summed E-state index contributed by atoms with van der Waals surface area (Å²) in [5, 5.41) is 7.36. The van der Waals surface area contributed by atoms with Crippen LogP contribution >= 0.6 is 11.6 Å². The molecule has 0 bridgehead atoms. The zero-order valence-electron chi connectivity index (χ0n) is 12.7. The zero-order chi connectivity index (χ0) is 15.2. The lowest BCUT2D eigenvalue weighted by Crippen LogP contribution is -2.49. The third kappa shape index (κ3) is 4.70. The average molecular weight is 310 g/mol. The van der Waals surface area contributed by atoms with Crippen LogP contribution in [0.1, 0.15) is 25.3 Å². The van der Waals surface area contributed by atoms with Crippen molar-refractivity contribution >= 4 is 17.5 Å². The molecule has 1 amide bonds. The van der Waals surface area contributed by atoms with Gasteiger partial charge in [0.2, 0.25) is 5.91 Å². The average Bonchev–Trinajstić information content (AvgIpc) is 2.49. The first-order chi connectivity index (χ1) is 10.1. The summed E-state index contributed by atoms with van der Waals surface area (Å²) in [7, 11) is 0. The number of nitrogens with zero attached hydrogens (tertiary/aromatic N) is 1. The lowest BCUT2D eigenvalue weighted by Gasteiger charge is -2.31. The van der Waals surface area contributed by atoms with Gasteiger partial charge in [0, 0.05) is 43.8 Å². The maximum absolute atomic E-state index is 12.8. The fraction of sp³-hybridized carbons (Fsp3) is 0.562. The van der Waals surface area contributed by atoms with Crippen LogP contribution in [0.2, 0.25) is 5.02 Å². The van der Waals surface area contributed by atoms with Crippen LogP contribution < -0.4 is 10.6 Å². The van der Waals surface area contributed by atoms with Gasteiger partial charge in [0.15, 0.2) is 0 Å². The Labute approximate surface area is 131 Å². The van der Waals surface area contributed by atoms with Gasteiger partial charge < -0.3 is 15.5 Å². The molecule has 21 heavy (non-hydrogen) atoms. The molecule has 116 valence electrons. The van der Waals surface area contributed by atoms with Crippen molar-refractivity contribution < 1.29 is 4.79 Å². The minimum Gasteiger partial charge on any atom is -0.340 e. The van der Waals surface area contributed by atoms with Gasteiger partial charge in [-0.1, -0.05) is 37.6 Å². The van der Waals surface area contributed by atoms with Crippen molar-refractivity contribution in [3.05, 3.63) is 34.9 Å². The number of amides is 1. The van der Waals surface area contributed by atoms with Gasteiger partial charge in [0.1, 0.15) is 0 Å². The topological polar surface area (TPSA) is 44.4 Å². The summed E-state index contributed by atoms with van der Waals surface area (Å²) >= 11 is 5.95. The van der Waals surface area contributed by atoms with E-state index in [-0.39, 0.29) is 11.8 Å². The molecule has 1 unspecified atom stereocenters. The summed E-state index contributed by atoms with van der Waals surface area (Å²) in [5.74, 6) is 0.0507. The predicted molar refractivity (Wildman–Crippen MR) is 86.8 cm³/mol. The maximum atomic E-state index is 12.8. The smallest absolute Gasteiger partial charge is 0.231 e. The molecule has 2 N–H and O–H groups in total. The summed E-state index contributed by atoms with van der Waals surface area (Å²) in [6.45, 7) is 8.15. The Morgan fingerprint density at radius 3 is 2.48 bits per heavy atom. The highest BCUT2D eigenvalue weighted by molar-refractivity contribution is 6.30. The van der Waals surface area contributed by atoms with Crippen LogP contribution in [0.15, 0.2) is 24.3 Å². The molecule has 1 saturated heterocycles. The van der Waals surface area contributed by atoms with E-state index in [0.29, 0.717) is 17.6 Å². The predicted octanol–water partition coefficient (Wildman–Crippen LogP) is 1.85. The standard InChI is InChI=1S/C16H24ClN3O/c1-12(2)19-11-15(13-3-5-14(17)6-4-13)16(21)20-9-7-18-8-10-20/h3-6,12,15,18-19H,7-11H2,1-2H3. The fourth-order valence-electron chi connectivity index (χ4n) is 2.50. The number of benzene rings is 1. The van der Waals surface area contributed by atoms with Gasteiger partial charge in [-0.2, -0.15) is 0 Å². The molecule has 1 atom stereocenters. The fourth-order valence-corrected chi connectivity index (χ4v) is 2.63. The van der Waals surface area contributed by atoms with Gasteiger partial charge in [-0.05, 0) is 17.7 Å². The number of hydrogen-bond acceptors (Lipinski definition) is 3. The molecule has 0 aromatic heterocycles. The van der Waals surface area contributed by atoms with Crippen LogP contribution in [-0.2, 0) is 4.79 Å². The first-order valence-corrected chi connectivity index (χ1v) is 7.94. The van der Waals surface area contributed by atoms with Crippen molar-refractivity contribution in [1.29, 1.82) is 0 Å². The Morgan fingerprint density at radius 2 is 1.90 bits per heavy atom. The summed E-state index contributed by atoms with van der Waals surface area (Å²) in [5.41, 5.74) is 1.02. The lowest BCUT2D eigenvalue weighted by atomic mass is 9.96. The third-order valence-corrected chi connectivity index (χ3v) is 3.98. The molecule has 1 aromatic carbocycles. The van der Waals surface area contributed by atoms with E-state index >= 15 is 0 Å². The number of hydrogen-bond donors (Lipinski definition) is 2. The highest BCUT2D eigenvalue weighted by Crippen LogP contribution is 2.21. The molecule has 2 rings (SSSR count). The summed E-state index contributed by atoms with van der Waals surface area (Å²) in [6, 6.07) is 7.97. The van der Waals surface area contributed by atoms with E-state index in [1.165, 1.54) is 0 Å². The van der Waals surface area contributed by atoms with Crippen molar-refractivity contribution in [1.82, 2.24) is 15.5 Å². The van der Waals surface area contributed by atoms with E-state index in [0.717, 1.165) is 31.7 Å². The summed E-state index contributed by atoms with van der Waals surface area (Å²) in [4.78, 5) is 14.8. The van der Waals surface area contributed by atoms with E-state index < -0.39 is 0 Å². The second-order valence-corrected chi connectivity index (χ2v) is 6.18. The van der Waals surface area contributed by atoms with Crippen molar-refractivity contribution in [3.8, 4) is 0 Å². The maximum Gasteiger partial charge on any atom is 0.231 e. The minimum absolute atomic E-state index is 0.150. The zero-order valence-corrected chi connectivity index (χ0v) is 13.5. The third-order valence-electron chi connectivity index (χ3n) is 3.73. The Hall–Kier alpha value is -1.10. The van der Waals surface area contributed by atoms with Crippen LogP contribution in [0.3, 0.4) is 0 Å². The van der Waals surface area contributed by atoms with Gasteiger partial charge in [0.05, 0.1) is 5.92 Å². The van der Waals surface area contributed by atoms with Crippen LogP contribution in [0.5, 0.6) is 0 Å². The van der Waals surface area contributed by atoms with Gasteiger partial charge in [-0.25, -0.2) is 0 Å². The van der Waals surface area contributed by atoms with Gasteiger partial charge >= 0.3 is 0 Å². The molecule has 0 spiro atoms. The summed E-state index contributed by atoms with van der Waals surface area (Å²) in [6.07, 6.45) is 0. The van der Waals surface area contributed by atoms with Gasteiger partial charge in [-0.15, -0.1) is 0 Å². The molecule has 5 heteroatoms. The second-order valence-electron chi connectivity index (χ2n) is 5.74. The minimum atomic E-state index is -0.150. The highest BCUT2D eigenvalue weighted by atomic mass is 35.5. The van der Waals surface area contributed by atoms with Crippen molar-refractivity contribution in [3.63, 3.8) is 0 Å². The number of nitrogens with one attached hydrogen (secondary N) is 2. The molecule has 1 aliphatic rings.